The van der Waals surface area contributed by atoms with E-state index in [1.54, 1.807) is 79.7 Å². The second-order valence-electron chi connectivity index (χ2n) is 11.3. The van der Waals surface area contributed by atoms with E-state index in [0.717, 1.165) is 4.57 Å². The Hall–Kier alpha value is -5.12. The lowest BCUT2D eigenvalue weighted by Gasteiger charge is -2.47. The molecular weight excluding hydrogens is 548 g/mol. The molecule has 3 heterocycles. The van der Waals surface area contributed by atoms with Crippen molar-refractivity contribution in [3.8, 4) is 17.2 Å². The Morgan fingerprint density at radius 1 is 0.884 bits per heavy atom. The first-order chi connectivity index (χ1) is 20.8. The van der Waals surface area contributed by atoms with Crippen LogP contribution in [0.1, 0.15) is 37.8 Å². The van der Waals surface area contributed by atoms with E-state index in [2.05, 4.69) is 0 Å². The molecule has 2 aliphatic heterocycles. The van der Waals surface area contributed by atoms with Crippen molar-refractivity contribution in [3.63, 3.8) is 0 Å². The van der Waals surface area contributed by atoms with Gasteiger partial charge in [0.15, 0.2) is 11.5 Å². The standard InChI is InChI=1S/C33H30N4O6/c1-3-43-26-16-10-15-23(28(26)38)27-22-17-18-34-31(41)36(21-13-8-5-9-14-21)32(42)37(34)25(22)19-24-29(39)35(30(40)33(24,27)2)20-11-6-4-7-12-20/h4-17,24-25,27,38H,3,18-19H2,1-2H3. The summed E-state index contributed by atoms with van der Waals surface area (Å²) in [5.74, 6) is -2.23. The van der Waals surface area contributed by atoms with Crippen molar-refractivity contribution < 1.29 is 19.4 Å². The van der Waals surface area contributed by atoms with Crippen LogP contribution < -0.4 is 21.0 Å². The molecule has 1 N–H and O–H groups in total. The van der Waals surface area contributed by atoms with Gasteiger partial charge in [0.1, 0.15) is 0 Å². The molecule has 7 rings (SSSR count). The molecule has 10 heteroatoms. The molecule has 1 aromatic heterocycles. The van der Waals surface area contributed by atoms with E-state index in [1.165, 1.54) is 14.3 Å². The van der Waals surface area contributed by atoms with Gasteiger partial charge in [0.05, 0.1) is 41.9 Å². The largest absolute Gasteiger partial charge is 0.504 e. The number of hydrogen-bond donors (Lipinski definition) is 1. The molecule has 0 radical (unpaired) electrons. The van der Waals surface area contributed by atoms with Crippen molar-refractivity contribution in [3.05, 3.63) is 117 Å². The number of carbonyl (C=O) groups excluding carboxylic acids is 2. The Balaban J connectivity index is 1.46. The van der Waals surface area contributed by atoms with Crippen LogP contribution in [0.5, 0.6) is 11.5 Å². The van der Waals surface area contributed by atoms with Crippen molar-refractivity contribution in [1.29, 1.82) is 0 Å². The third-order valence-electron chi connectivity index (χ3n) is 9.21. The second-order valence-corrected chi connectivity index (χ2v) is 11.3. The topological polar surface area (TPSA) is 116 Å². The minimum Gasteiger partial charge on any atom is -0.504 e. The minimum atomic E-state index is -1.29. The first-order valence-electron chi connectivity index (χ1n) is 14.4. The lowest BCUT2D eigenvalue weighted by atomic mass is 9.56. The maximum atomic E-state index is 14.4. The number of rotatable bonds is 5. The highest BCUT2D eigenvalue weighted by molar-refractivity contribution is 6.24. The van der Waals surface area contributed by atoms with Crippen molar-refractivity contribution in [2.75, 3.05) is 11.5 Å². The van der Waals surface area contributed by atoms with Crippen LogP contribution in [-0.2, 0) is 16.1 Å². The van der Waals surface area contributed by atoms with Gasteiger partial charge in [-0.2, -0.15) is 0 Å². The van der Waals surface area contributed by atoms with E-state index in [9.17, 15) is 24.3 Å². The summed E-state index contributed by atoms with van der Waals surface area (Å²) < 4.78 is 9.63. The second kappa shape index (κ2) is 9.72. The summed E-state index contributed by atoms with van der Waals surface area (Å²) >= 11 is 0. The highest BCUT2D eigenvalue weighted by Crippen LogP contribution is 2.62. The molecule has 218 valence electrons. The first kappa shape index (κ1) is 26.8. The van der Waals surface area contributed by atoms with Crippen LogP contribution in [-0.4, -0.2) is 37.5 Å². The maximum Gasteiger partial charge on any atom is 0.352 e. The number of ether oxygens (including phenoxy) is 1. The van der Waals surface area contributed by atoms with Crippen molar-refractivity contribution in [2.24, 2.45) is 11.3 Å². The third-order valence-corrected chi connectivity index (χ3v) is 9.21. The predicted octanol–water partition coefficient (Wildman–Crippen LogP) is 3.77. The number of amides is 2. The fraction of sp³-hybridized carbons (Fsp3) is 0.273. The molecule has 0 bridgehead atoms. The zero-order valence-electron chi connectivity index (χ0n) is 23.7. The average Bonchev–Trinajstić information content (AvgIpc) is 3.39. The van der Waals surface area contributed by atoms with Crippen LogP contribution in [0.15, 0.2) is 100 Å². The molecule has 1 aliphatic carbocycles. The van der Waals surface area contributed by atoms with E-state index < -0.39 is 34.7 Å². The molecule has 10 nitrogen and oxygen atoms in total. The number of phenols is 1. The highest BCUT2D eigenvalue weighted by Gasteiger charge is 2.65. The number of fused-ring (bicyclic) bond motifs is 4. The van der Waals surface area contributed by atoms with E-state index in [4.69, 9.17) is 4.74 Å². The summed E-state index contributed by atoms with van der Waals surface area (Å²) in [4.78, 5) is 57.4. The van der Waals surface area contributed by atoms with Gasteiger partial charge in [-0.3, -0.25) is 9.59 Å². The number of nitrogens with zero attached hydrogens (tertiary/aromatic N) is 4. The Labute approximate surface area is 246 Å². The highest BCUT2D eigenvalue weighted by atomic mass is 16.5. The number of aromatic hydroxyl groups is 1. The fourth-order valence-corrected chi connectivity index (χ4v) is 7.29. The van der Waals surface area contributed by atoms with Gasteiger partial charge in [-0.1, -0.05) is 54.6 Å². The van der Waals surface area contributed by atoms with E-state index >= 15 is 0 Å². The van der Waals surface area contributed by atoms with Crippen LogP contribution in [0.25, 0.3) is 5.69 Å². The van der Waals surface area contributed by atoms with Crippen LogP contribution >= 0.6 is 0 Å². The number of allylic oxidation sites excluding steroid dienone is 2. The molecule has 1 saturated carbocycles. The van der Waals surface area contributed by atoms with Gasteiger partial charge in [0.25, 0.3) is 0 Å². The van der Waals surface area contributed by atoms with Crippen LogP contribution in [0, 0.1) is 11.3 Å². The zero-order chi connectivity index (χ0) is 30.0. The maximum absolute atomic E-state index is 14.4. The zero-order valence-corrected chi connectivity index (χ0v) is 23.7. The minimum absolute atomic E-state index is 0.0907. The molecule has 3 aromatic carbocycles. The van der Waals surface area contributed by atoms with Crippen molar-refractivity contribution >= 4 is 17.5 Å². The Morgan fingerprint density at radius 3 is 2.23 bits per heavy atom. The van der Waals surface area contributed by atoms with Gasteiger partial charge in [-0.05, 0) is 56.2 Å². The lowest BCUT2D eigenvalue weighted by Crippen LogP contribution is -2.49. The smallest absolute Gasteiger partial charge is 0.352 e. The molecule has 4 unspecified atom stereocenters. The Bertz CT molecular complexity index is 1920. The van der Waals surface area contributed by atoms with Crippen molar-refractivity contribution in [1.82, 2.24) is 13.9 Å². The van der Waals surface area contributed by atoms with E-state index in [0.29, 0.717) is 29.1 Å². The van der Waals surface area contributed by atoms with Gasteiger partial charge in [-0.15, -0.1) is 0 Å². The summed E-state index contributed by atoms with van der Waals surface area (Å²) in [6, 6.07) is 21.9. The summed E-state index contributed by atoms with van der Waals surface area (Å²) in [7, 11) is 0. The van der Waals surface area contributed by atoms with E-state index in [1.807, 2.05) is 19.1 Å². The fourth-order valence-electron chi connectivity index (χ4n) is 7.29. The SMILES string of the molecule is CCOc1cccc(C2C3=CCn4c(=O)n(-c5ccccc5)c(=O)n4C3CC3C(=O)N(c4ccccc4)C(=O)C32C)c1O. The number of imide groups is 1. The number of carbonyl (C=O) groups is 2. The number of anilines is 1. The summed E-state index contributed by atoms with van der Waals surface area (Å²) in [6.07, 6.45) is 2.00. The quantitative estimate of drug-likeness (QED) is 0.285. The Kier molecular flexibility index (Phi) is 6.05. The molecule has 43 heavy (non-hydrogen) atoms. The first-order valence-corrected chi connectivity index (χ1v) is 14.4. The van der Waals surface area contributed by atoms with Gasteiger partial charge < -0.3 is 9.84 Å². The normalized spacial score (nSPS) is 24.3. The molecule has 2 amide bonds. The monoisotopic (exact) mass is 578 g/mol. The summed E-state index contributed by atoms with van der Waals surface area (Å²) in [5, 5.41) is 11.5. The molecular formula is C33H30N4O6. The van der Waals surface area contributed by atoms with Crippen molar-refractivity contribution in [2.45, 2.75) is 38.8 Å². The molecule has 0 spiro atoms. The molecule has 2 fully saturated rings. The number of phenolic OH excluding ortho intramolecular Hbond substituents is 1. The lowest BCUT2D eigenvalue weighted by molar-refractivity contribution is -0.129. The van der Waals surface area contributed by atoms with E-state index in [-0.39, 0.29) is 36.3 Å². The Morgan fingerprint density at radius 2 is 1.56 bits per heavy atom. The number of benzene rings is 3. The number of hydrogen-bond acceptors (Lipinski definition) is 6. The molecule has 1 saturated heterocycles. The van der Waals surface area contributed by atoms with Gasteiger partial charge in [0.2, 0.25) is 11.8 Å². The van der Waals surface area contributed by atoms with Crippen LogP contribution in [0.2, 0.25) is 0 Å². The predicted molar refractivity (Wildman–Crippen MR) is 159 cm³/mol. The third kappa shape index (κ3) is 3.65. The summed E-state index contributed by atoms with van der Waals surface area (Å²) in [5.41, 5.74) is -0.278. The average molecular weight is 579 g/mol. The van der Waals surface area contributed by atoms with Crippen LogP contribution in [0.3, 0.4) is 0 Å². The van der Waals surface area contributed by atoms with Gasteiger partial charge in [0, 0.05) is 11.5 Å². The van der Waals surface area contributed by atoms with Gasteiger partial charge >= 0.3 is 11.4 Å². The van der Waals surface area contributed by atoms with Crippen LogP contribution in [0.4, 0.5) is 5.69 Å². The number of para-hydroxylation sites is 3. The number of aromatic nitrogens is 3. The molecule has 4 aromatic rings. The molecule has 3 aliphatic rings. The summed E-state index contributed by atoms with van der Waals surface area (Å²) in [6.45, 7) is 3.99. The van der Waals surface area contributed by atoms with Gasteiger partial charge in [-0.25, -0.2) is 28.4 Å². The molecule has 4 atom stereocenters.